The normalized spacial score (nSPS) is 11.8. The van der Waals surface area contributed by atoms with Crippen LogP contribution in [0.5, 0.6) is 11.5 Å². The highest BCUT2D eigenvalue weighted by Gasteiger charge is 2.20. The summed E-state index contributed by atoms with van der Waals surface area (Å²) in [6, 6.07) is 9.41. The Morgan fingerprint density at radius 2 is 1.94 bits per heavy atom. The molecular formula is C22H24N4O5. The van der Waals surface area contributed by atoms with Crippen molar-refractivity contribution in [3.63, 3.8) is 0 Å². The number of ether oxygens (including phenoxy) is 2. The lowest BCUT2D eigenvalue weighted by Gasteiger charge is -2.18. The summed E-state index contributed by atoms with van der Waals surface area (Å²) >= 11 is 0. The van der Waals surface area contributed by atoms with Gasteiger partial charge in [-0.1, -0.05) is 6.07 Å². The minimum Gasteiger partial charge on any atom is -0.493 e. The number of benzene rings is 2. The first kappa shape index (κ1) is 21.8. The molecule has 9 heteroatoms. The van der Waals surface area contributed by atoms with Crippen molar-refractivity contribution in [2.75, 3.05) is 7.11 Å². The minimum absolute atomic E-state index is 0.00189. The highest BCUT2D eigenvalue weighted by molar-refractivity contribution is 5.95. The molecule has 0 aliphatic heterocycles. The summed E-state index contributed by atoms with van der Waals surface area (Å²) in [5.74, 6) is 0.757. The molecular weight excluding hydrogens is 400 g/mol. The topological polar surface area (TPSA) is 109 Å². The van der Waals surface area contributed by atoms with E-state index in [-0.39, 0.29) is 23.4 Å². The third kappa shape index (κ3) is 5.00. The number of nitro groups is 1. The van der Waals surface area contributed by atoms with E-state index in [9.17, 15) is 14.9 Å². The molecule has 1 aromatic heterocycles. The Labute approximate surface area is 179 Å². The average Bonchev–Trinajstić information content (AvgIpc) is 3.27. The predicted octanol–water partition coefficient (Wildman–Crippen LogP) is 4.07. The van der Waals surface area contributed by atoms with Crippen molar-refractivity contribution in [1.82, 2.24) is 14.9 Å². The van der Waals surface area contributed by atoms with Crippen LogP contribution in [-0.2, 0) is 0 Å². The SMILES string of the molecule is COc1cc(C(C)NC(=O)c2ccc(-n3ccnc3)c([N+](=O)[O-])c2)ccc1OC(C)C. The molecule has 1 atom stereocenters. The van der Waals surface area contributed by atoms with Crippen LogP contribution in [0.4, 0.5) is 5.69 Å². The summed E-state index contributed by atoms with van der Waals surface area (Å²) in [6.45, 7) is 5.67. The second-order valence-electron chi connectivity index (χ2n) is 7.20. The van der Waals surface area contributed by atoms with Gasteiger partial charge in [0.1, 0.15) is 5.69 Å². The maximum atomic E-state index is 12.8. The standard InChI is InChI=1S/C22H24N4O5/c1-14(2)31-20-8-6-16(12-21(20)30-4)15(3)24-22(27)17-5-7-18(19(11-17)26(28)29)25-10-9-23-13-25/h5-15H,1-4H3,(H,24,27). The van der Waals surface area contributed by atoms with Crippen LogP contribution in [0.25, 0.3) is 5.69 Å². The molecule has 1 N–H and O–H groups in total. The zero-order valence-electron chi connectivity index (χ0n) is 17.7. The van der Waals surface area contributed by atoms with Crippen LogP contribution < -0.4 is 14.8 Å². The largest absolute Gasteiger partial charge is 0.493 e. The fourth-order valence-corrected chi connectivity index (χ4v) is 3.10. The number of imidazole rings is 1. The van der Waals surface area contributed by atoms with Gasteiger partial charge in [0.05, 0.1) is 30.5 Å². The number of carbonyl (C=O) groups excluding carboxylic acids is 1. The van der Waals surface area contributed by atoms with Gasteiger partial charge in [0.25, 0.3) is 11.6 Å². The molecule has 0 aliphatic carbocycles. The quantitative estimate of drug-likeness (QED) is 0.431. The number of rotatable bonds is 8. The van der Waals surface area contributed by atoms with E-state index >= 15 is 0 Å². The third-order valence-corrected chi connectivity index (χ3v) is 4.61. The van der Waals surface area contributed by atoms with E-state index in [0.717, 1.165) is 5.56 Å². The minimum atomic E-state index is -0.520. The van der Waals surface area contributed by atoms with Gasteiger partial charge in [-0.05, 0) is 50.6 Å². The molecule has 162 valence electrons. The molecule has 31 heavy (non-hydrogen) atoms. The number of methoxy groups -OCH3 is 1. The first-order valence-corrected chi connectivity index (χ1v) is 9.72. The van der Waals surface area contributed by atoms with Gasteiger partial charge in [-0.15, -0.1) is 0 Å². The van der Waals surface area contributed by atoms with E-state index < -0.39 is 10.8 Å². The second kappa shape index (κ2) is 9.29. The molecule has 1 heterocycles. The summed E-state index contributed by atoms with van der Waals surface area (Å²) in [5.41, 5.74) is 1.15. The lowest BCUT2D eigenvalue weighted by atomic mass is 10.1. The lowest BCUT2D eigenvalue weighted by molar-refractivity contribution is -0.384. The second-order valence-corrected chi connectivity index (χ2v) is 7.20. The molecule has 0 fully saturated rings. The Hall–Kier alpha value is -3.88. The average molecular weight is 424 g/mol. The fraction of sp³-hybridized carbons (Fsp3) is 0.273. The van der Waals surface area contributed by atoms with E-state index in [2.05, 4.69) is 10.3 Å². The first-order chi connectivity index (χ1) is 14.8. The lowest BCUT2D eigenvalue weighted by Crippen LogP contribution is -2.26. The monoisotopic (exact) mass is 424 g/mol. The molecule has 3 aromatic rings. The van der Waals surface area contributed by atoms with E-state index in [1.54, 1.807) is 31.5 Å². The van der Waals surface area contributed by atoms with E-state index in [1.165, 1.54) is 29.2 Å². The molecule has 9 nitrogen and oxygen atoms in total. The van der Waals surface area contributed by atoms with Crippen LogP contribution in [0.2, 0.25) is 0 Å². The zero-order valence-corrected chi connectivity index (χ0v) is 17.7. The Balaban J connectivity index is 1.81. The Morgan fingerprint density at radius 3 is 2.55 bits per heavy atom. The van der Waals surface area contributed by atoms with Gasteiger partial charge in [-0.3, -0.25) is 14.9 Å². The molecule has 1 unspecified atom stereocenters. The van der Waals surface area contributed by atoms with Gasteiger partial charge in [-0.2, -0.15) is 0 Å². The molecule has 3 rings (SSSR count). The van der Waals surface area contributed by atoms with Crippen LogP contribution in [0, 0.1) is 10.1 Å². The number of hydrogen-bond acceptors (Lipinski definition) is 6. The highest BCUT2D eigenvalue weighted by atomic mass is 16.6. The van der Waals surface area contributed by atoms with Crippen molar-refractivity contribution in [2.45, 2.75) is 32.9 Å². The van der Waals surface area contributed by atoms with Gasteiger partial charge >= 0.3 is 0 Å². The van der Waals surface area contributed by atoms with Crippen molar-refractivity contribution in [1.29, 1.82) is 0 Å². The molecule has 1 amide bonds. The number of nitrogens with one attached hydrogen (secondary N) is 1. The van der Waals surface area contributed by atoms with Gasteiger partial charge in [0, 0.05) is 24.0 Å². The van der Waals surface area contributed by atoms with Crippen molar-refractivity contribution in [3.05, 3.63) is 76.4 Å². The molecule has 2 aromatic carbocycles. The van der Waals surface area contributed by atoms with Crippen LogP contribution in [0.3, 0.4) is 0 Å². The van der Waals surface area contributed by atoms with Crippen LogP contribution in [0.1, 0.15) is 42.7 Å². The molecule has 0 spiro atoms. The Kier molecular flexibility index (Phi) is 6.54. The first-order valence-electron chi connectivity index (χ1n) is 9.72. The molecule has 0 radical (unpaired) electrons. The summed E-state index contributed by atoms with van der Waals surface area (Å²) in [7, 11) is 1.55. The zero-order chi connectivity index (χ0) is 22.5. The number of nitrogens with zero attached hydrogens (tertiary/aromatic N) is 3. The van der Waals surface area contributed by atoms with Crippen LogP contribution in [-0.4, -0.2) is 33.6 Å². The number of carbonyl (C=O) groups is 1. The highest BCUT2D eigenvalue weighted by Crippen LogP contribution is 2.31. The van der Waals surface area contributed by atoms with Crippen LogP contribution in [0.15, 0.2) is 55.1 Å². The van der Waals surface area contributed by atoms with Crippen LogP contribution >= 0.6 is 0 Å². The van der Waals surface area contributed by atoms with Gasteiger partial charge in [-0.25, -0.2) is 4.98 Å². The van der Waals surface area contributed by atoms with E-state index in [0.29, 0.717) is 17.2 Å². The molecule has 0 bridgehead atoms. The number of amides is 1. The molecule has 0 saturated heterocycles. The summed E-state index contributed by atoms with van der Waals surface area (Å²) in [6.07, 6.45) is 4.59. The number of aromatic nitrogens is 2. The molecule has 0 aliphatic rings. The van der Waals surface area contributed by atoms with Crippen molar-refractivity contribution in [3.8, 4) is 17.2 Å². The smallest absolute Gasteiger partial charge is 0.294 e. The van der Waals surface area contributed by atoms with E-state index in [1.807, 2.05) is 26.8 Å². The summed E-state index contributed by atoms with van der Waals surface area (Å²) < 4.78 is 12.6. The third-order valence-electron chi connectivity index (χ3n) is 4.61. The summed E-state index contributed by atoms with van der Waals surface area (Å²) in [5, 5.41) is 14.4. The van der Waals surface area contributed by atoms with Gasteiger partial charge < -0.3 is 19.4 Å². The Morgan fingerprint density at radius 1 is 1.16 bits per heavy atom. The number of nitro benzene ring substituents is 1. The molecule has 0 saturated carbocycles. The summed E-state index contributed by atoms with van der Waals surface area (Å²) in [4.78, 5) is 27.7. The van der Waals surface area contributed by atoms with E-state index in [4.69, 9.17) is 9.47 Å². The van der Waals surface area contributed by atoms with Gasteiger partial charge in [0.15, 0.2) is 11.5 Å². The van der Waals surface area contributed by atoms with Crippen molar-refractivity contribution >= 4 is 11.6 Å². The maximum Gasteiger partial charge on any atom is 0.294 e. The predicted molar refractivity (Wildman–Crippen MR) is 115 cm³/mol. The van der Waals surface area contributed by atoms with Crippen molar-refractivity contribution in [2.24, 2.45) is 0 Å². The maximum absolute atomic E-state index is 12.8. The Bertz CT molecular complexity index is 1080. The fourth-order valence-electron chi connectivity index (χ4n) is 3.10. The van der Waals surface area contributed by atoms with Gasteiger partial charge in [0.2, 0.25) is 0 Å². The number of hydrogen-bond donors (Lipinski definition) is 1. The van der Waals surface area contributed by atoms with Crippen molar-refractivity contribution < 1.29 is 19.2 Å².